The van der Waals surface area contributed by atoms with Crippen molar-refractivity contribution in [2.75, 3.05) is 10.6 Å². The average molecular weight is 263 g/mol. The monoisotopic (exact) mass is 263 g/mol. The van der Waals surface area contributed by atoms with Crippen LogP contribution in [0.1, 0.15) is 33.6 Å². The first kappa shape index (κ1) is 15.2. The van der Waals surface area contributed by atoms with E-state index >= 15 is 0 Å². The van der Waals surface area contributed by atoms with Gasteiger partial charge >= 0.3 is 0 Å². The topological polar surface area (TPSA) is 84.2 Å². The molecule has 0 saturated heterocycles. The number of carbonyl (C=O) groups is 2. The molecule has 0 spiro atoms. The summed E-state index contributed by atoms with van der Waals surface area (Å²) in [5.41, 5.74) is 6.53. The zero-order valence-electron chi connectivity index (χ0n) is 11.6. The molecular weight excluding hydrogens is 242 g/mol. The van der Waals surface area contributed by atoms with E-state index in [9.17, 15) is 9.59 Å². The van der Waals surface area contributed by atoms with Crippen molar-refractivity contribution in [1.82, 2.24) is 0 Å². The van der Waals surface area contributed by atoms with Crippen LogP contribution in [0.5, 0.6) is 0 Å². The lowest BCUT2D eigenvalue weighted by Crippen LogP contribution is -2.50. The molecule has 4 N–H and O–H groups in total. The minimum absolute atomic E-state index is 0.130. The normalized spacial score (nSPS) is 10.9. The maximum atomic E-state index is 12.1. The fourth-order valence-corrected chi connectivity index (χ4v) is 1.67. The second kappa shape index (κ2) is 6.33. The Morgan fingerprint density at radius 1 is 1.05 bits per heavy atom. The summed E-state index contributed by atoms with van der Waals surface area (Å²) in [5, 5.41) is 5.45. The highest BCUT2D eigenvalue weighted by molar-refractivity contribution is 5.98. The van der Waals surface area contributed by atoms with Gasteiger partial charge in [-0.2, -0.15) is 0 Å². The number of nitrogens with one attached hydrogen (secondary N) is 2. The number of hydrogen-bond acceptors (Lipinski definition) is 3. The number of hydrogen-bond donors (Lipinski definition) is 3. The molecule has 5 nitrogen and oxygen atoms in total. The summed E-state index contributed by atoms with van der Waals surface area (Å²) < 4.78 is 0. The molecule has 19 heavy (non-hydrogen) atoms. The molecule has 0 atom stereocenters. The quantitative estimate of drug-likeness (QED) is 0.760. The molecule has 0 fully saturated rings. The molecule has 0 heterocycles. The van der Waals surface area contributed by atoms with E-state index in [-0.39, 0.29) is 11.8 Å². The lowest BCUT2D eigenvalue weighted by atomic mass is 9.93. The van der Waals surface area contributed by atoms with Crippen LogP contribution in [0.15, 0.2) is 24.3 Å². The summed E-state index contributed by atoms with van der Waals surface area (Å²) in [6.45, 7) is 5.23. The number of amides is 2. The Kier molecular flexibility index (Phi) is 5.06. The Morgan fingerprint density at radius 2 is 1.47 bits per heavy atom. The first-order chi connectivity index (χ1) is 8.91. The van der Waals surface area contributed by atoms with Gasteiger partial charge in [0.05, 0.1) is 5.54 Å². The third-order valence-corrected chi connectivity index (χ3v) is 3.18. The van der Waals surface area contributed by atoms with Crippen LogP contribution in [0.3, 0.4) is 0 Å². The largest absolute Gasteiger partial charge is 0.326 e. The SMILES string of the molecule is CCC(N)(CC)C(=O)Nc1ccc(NC(C)=O)cc1. The van der Waals surface area contributed by atoms with Crippen LogP contribution in [-0.4, -0.2) is 17.4 Å². The van der Waals surface area contributed by atoms with Crippen molar-refractivity contribution in [2.24, 2.45) is 5.73 Å². The summed E-state index contributed by atoms with van der Waals surface area (Å²) in [5.74, 6) is -0.320. The third kappa shape index (κ3) is 4.06. The molecule has 0 radical (unpaired) electrons. The molecule has 2 amide bonds. The fraction of sp³-hybridized carbons (Fsp3) is 0.429. The molecule has 0 unspecified atom stereocenters. The van der Waals surface area contributed by atoms with Crippen LogP contribution in [0, 0.1) is 0 Å². The van der Waals surface area contributed by atoms with Crippen LogP contribution < -0.4 is 16.4 Å². The highest BCUT2D eigenvalue weighted by Gasteiger charge is 2.29. The predicted octanol–water partition coefficient (Wildman–Crippen LogP) is 2.10. The van der Waals surface area contributed by atoms with Gasteiger partial charge in [-0.05, 0) is 37.1 Å². The predicted molar refractivity (Wildman–Crippen MR) is 76.9 cm³/mol. The van der Waals surface area contributed by atoms with E-state index in [1.165, 1.54) is 6.92 Å². The van der Waals surface area contributed by atoms with Gasteiger partial charge in [-0.3, -0.25) is 9.59 Å². The minimum Gasteiger partial charge on any atom is -0.326 e. The number of carbonyl (C=O) groups excluding carboxylic acids is 2. The molecule has 0 aliphatic rings. The lowest BCUT2D eigenvalue weighted by molar-refractivity contribution is -0.121. The molecular formula is C14H21N3O2. The molecule has 1 rings (SSSR count). The van der Waals surface area contributed by atoms with Gasteiger partial charge in [0.1, 0.15) is 0 Å². The van der Waals surface area contributed by atoms with Gasteiger partial charge in [-0.1, -0.05) is 13.8 Å². The highest BCUT2D eigenvalue weighted by Crippen LogP contribution is 2.17. The molecule has 0 saturated carbocycles. The van der Waals surface area contributed by atoms with E-state index in [0.29, 0.717) is 24.2 Å². The zero-order chi connectivity index (χ0) is 14.5. The van der Waals surface area contributed by atoms with Gasteiger partial charge in [-0.15, -0.1) is 0 Å². The van der Waals surface area contributed by atoms with Crippen molar-refractivity contribution in [3.05, 3.63) is 24.3 Å². The maximum Gasteiger partial charge on any atom is 0.244 e. The second-order valence-corrected chi connectivity index (χ2v) is 4.58. The molecule has 0 aliphatic carbocycles. The molecule has 1 aromatic carbocycles. The summed E-state index contributed by atoms with van der Waals surface area (Å²) >= 11 is 0. The Morgan fingerprint density at radius 3 is 1.84 bits per heavy atom. The maximum absolute atomic E-state index is 12.1. The molecule has 0 aromatic heterocycles. The Labute approximate surface area is 113 Å². The summed E-state index contributed by atoms with van der Waals surface area (Å²) in [6, 6.07) is 6.92. The fourth-order valence-electron chi connectivity index (χ4n) is 1.67. The Balaban J connectivity index is 2.73. The number of rotatable bonds is 5. The van der Waals surface area contributed by atoms with Crippen LogP contribution in [0.2, 0.25) is 0 Å². The molecule has 104 valence electrons. The van der Waals surface area contributed by atoms with E-state index in [0.717, 1.165) is 0 Å². The standard InChI is InChI=1S/C14H21N3O2/c1-4-14(15,5-2)13(19)17-12-8-6-11(7-9-12)16-10(3)18/h6-9H,4-5,15H2,1-3H3,(H,16,18)(H,17,19). The first-order valence-corrected chi connectivity index (χ1v) is 6.39. The Hall–Kier alpha value is -1.88. The average Bonchev–Trinajstić information content (AvgIpc) is 2.39. The second-order valence-electron chi connectivity index (χ2n) is 4.58. The van der Waals surface area contributed by atoms with Gasteiger partial charge in [0, 0.05) is 18.3 Å². The summed E-state index contributed by atoms with van der Waals surface area (Å²) in [4.78, 5) is 22.9. The van der Waals surface area contributed by atoms with Crippen molar-refractivity contribution < 1.29 is 9.59 Å². The van der Waals surface area contributed by atoms with Crippen molar-refractivity contribution in [3.63, 3.8) is 0 Å². The van der Waals surface area contributed by atoms with Crippen LogP contribution in [0.25, 0.3) is 0 Å². The van der Waals surface area contributed by atoms with Crippen molar-refractivity contribution in [2.45, 2.75) is 39.2 Å². The van der Waals surface area contributed by atoms with E-state index in [1.54, 1.807) is 24.3 Å². The van der Waals surface area contributed by atoms with Crippen molar-refractivity contribution in [1.29, 1.82) is 0 Å². The van der Waals surface area contributed by atoms with Crippen LogP contribution in [-0.2, 0) is 9.59 Å². The number of benzene rings is 1. The summed E-state index contributed by atoms with van der Waals surface area (Å²) in [7, 11) is 0. The highest BCUT2D eigenvalue weighted by atomic mass is 16.2. The first-order valence-electron chi connectivity index (χ1n) is 6.39. The van der Waals surface area contributed by atoms with E-state index in [4.69, 9.17) is 5.73 Å². The van der Waals surface area contributed by atoms with Crippen molar-refractivity contribution >= 4 is 23.2 Å². The number of anilines is 2. The van der Waals surface area contributed by atoms with E-state index < -0.39 is 5.54 Å². The zero-order valence-corrected chi connectivity index (χ0v) is 11.6. The molecule has 1 aromatic rings. The van der Waals surface area contributed by atoms with E-state index in [1.807, 2.05) is 13.8 Å². The van der Waals surface area contributed by atoms with Crippen molar-refractivity contribution in [3.8, 4) is 0 Å². The van der Waals surface area contributed by atoms with Gasteiger partial charge in [0.2, 0.25) is 11.8 Å². The van der Waals surface area contributed by atoms with Crippen LogP contribution in [0.4, 0.5) is 11.4 Å². The molecule has 0 aliphatic heterocycles. The van der Waals surface area contributed by atoms with E-state index in [2.05, 4.69) is 10.6 Å². The number of nitrogens with two attached hydrogens (primary N) is 1. The Bertz CT molecular complexity index is 450. The lowest BCUT2D eigenvalue weighted by Gasteiger charge is -2.25. The van der Waals surface area contributed by atoms with Gasteiger partial charge in [-0.25, -0.2) is 0 Å². The third-order valence-electron chi connectivity index (χ3n) is 3.18. The van der Waals surface area contributed by atoms with Gasteiger partial charge in [0.15, 0.2) is 0 Å². The minimum atomic E-state index is -0.837. The smallest absolute Gasteiger partial charge is 0.244 e. The molecule has 0 bridgehead atoms. The van der Waals surface area contributed by atoms with Crippen LogP contribution >= 0.6 is 0 Å². The summed E-state index contributed by atoms with van der Waals surface area (Å²) in [6.07, 6.45) is 1.17. The van der Waals surface area contributed by atoms with Gasteiger partial charge < -0.3 is 16.4 Å². The van der Waals surface area contributed by atoms with Gasteiger partial charge in [0.25, 0.3) is 0 Å². The molecule has 5 heteroatoms.